The van der Waals surface area contributed by atoms with Gasteiger partial charge in [0.2, 0.25) is 0 Å². The fraction of sp³-hybridized carbons (Fsp3) is 0.0769. The zero-order valence-electron chi connectivity index (χ0n) is 9.78. The monoisotopic (exact) mass is 244 g/mol. The van der Waals surface area contributed by atoms with E-state index in [1.165, 1.54) is 13.3 Å². The van der Waals surface area contributed by atoms with Crippen molar-refractivity contribution in [3.63, 3.8) is 0 Å². The lowest BCUT2D eigenvalue weighted by Crippen LogP contribution is -2.04. The van der Waals surface area contributed by atoms with E-state index in [-0.39, 0.29) is 0 Å². The van der Waals surface area contributed by atoms with Gasteiger partial charge in [-0.15, -0.1) is 0 Å². The first-order chi connectivity index (χ1) is 8.74. The highest BCUT2D eigenvalue weighted by Crippen LogP contribution is 2.15. The molecule has 5 heteroatoms. The van der Waals surface area contributed by atoms with Gasteiger partial charge in [-0.05, 0) is 35.9 Å². The molecule has 92 valence electrons. The van der Waals surface area contributed by atoms with Crippen molar-refractivity contribution in [1.82, 2.24) is 4.57 Å². The minimum absolute atomic E-state index is 0.401. The van der Waals surface area contributed by atoms with Crippen LogP contribution in [0.1, 0.15) is 15.9 Å². The summed E-state index contributed by atoms with van der Waals surface area (Å²) in [6.07, 6.45) is 4.98. The number of hydrogen-bond donors (Lipinski definition) is 1. The van der Waals surface area contributed by atoms with E-state index in [1.54, 1.807) is 18.2 Å². The van der Waals surface area contributed by atoms with Crippen LogP contribution in [0, 0.1) is 0 Å². The van der Waals surface area contributed by atoms with Crippen molar-refractivity contribution in [1.29, 1.82) is 0 Å². The second kappa shape index (κ2) is 5.18. The van der Waals surface area contributed by atoms with Crippen molar-refractivity contribution in [3.05, 3.63) is 53.9 Å². The predicted molar refractivity (Wildman–Crippen MR) is 66.5 cm³/mol. The third-order valence-electron chi connectivity index (χ3n) is 2.47. The van der Waals surface area contributed by atoms with E-state index < -0.39 is 5.97 Å². The van der Waals surface area contributed by atoms with Crippen LogP contribution in [0.25, 0.3) is 5.69 Å². The maximum Gasteiger partial charge on any atom is 0.337 e. The lowest BCUT2D eigenvalue weighted by Gasteiger charge is -2.07. The summed E-state index contributed by atoms with van der Waals surface area (Å²) >= 11 is 0. The Labute approximate surface area is 104 Å². The number of rotatable bonds is 3. The maximum atomic E-state index is 11.6. The highest BCUT2D eigenvalue weighted by Gasteiger charge is 2.09. The Bertz CT molecular complexity index is 574. The SMILES string of the molecule is COC(=O)c1cc(/C=N\O)cc(-n2cccc2)c1. The van der Waals surface area contributed by atoms with Gasteiger partial charge in [0.05, 0.1) is 18.9 Å². The molecule has 18 heavy (non-hydrogen) atoms. The molecule has 0 aliphatic heterocycles. The molecule has 5 nitrogen and oxygen atoms in total. The van der Waals surface area contributed by atoms with Gasteiger partial charge in [-0.1, -0.05) is 5.16 Å². The smallest absolute Gasteiger partial charge is 0.337 e. The van der Waals surface area contributed by atoms with Crippen LogP contribution in [-0.4, -0.2) is 29.1 Å². The van der Waals surface area contributed by atoms with Crippen molar-refractivity contribution in [2.45, 2.75) is 0 Å². The zero-order valence-corrected chi connectivity index (χ0v) is 9.78. The highest BCUT2D eigenvalue weighted by molar-refractivity contribution is 5.93. The Hall–Kier alpha value is -2.56. The minimum Gasteiger partial charge on any atom is -0.465 e. The summed E-state index contributed by atoms with van der Waals surface area (Å²) in [7, 11) is 1.32. The predicted octanol–water partition coefficient (Wildman–Crippen LogP) is 2.07. The number of oxime groups is 1. The molecule has 0 aliphatic carbocycles. The molecule has 0 spiro atoms. The summed E-state index contributed by atoms with van der Waals surface area (Å²) < 4.78 is 6.53. The molecule has 2 aromatic rings. The van der Waals surface area contributed by atoms with Crippen molar-refractivity contribution < 1.29 is 14.7 Å². The molecule has 1 N–H and O–H groups in total. The van der Waals surface area contributed by atoms with Gasteiger partial charge in [-0.3, -0.25) is 0 Å². The van der Waals surface area contributed by atoms with Crippen LogP contribution in [-0.2, 0) is 4.74 Å². The molecule has 2 rings (SSSR count). The van der Waals surface area contributed by atoms with Gasteiger partial charge in [0.25, 0.3) is 0 Å². The summed E-state index contributed by atoms with van der Waals surface area (Å²) in [6.45, 7) is 0. The molecule has 0 saturated carbocycles. The van der Waals surface area contributed by atoms with E-state index in [0.717, 1.165) is 5.69 Å². The normalized spacial score (nSPS) is 10.7. The van der Waals surface area contributed by atoms with E-state index in [1.807, 2.05) is 29.1 Å². The molecule has 0 fully saturated rings. The summed E-state index contributed by atoms with van der Waals surface area (Å²) in [6, 6.07) is 8.86. The van der Waals surface area contributed by atoms with Gasteiger partial charge in [-0.25, -0.2) is 4.79 Å². The van der Waals surface area contributed by atoms with Gasteiger partial charge in [0.1, 0.15) is 0 Å². The molecule has 0 saturated heterocycles. The number of nitrogens with zero attached hydrogens (tertiary/aromatic N) is 2. The van der Waals surface area contributed by atoms with Crippen LogP contribution in [0.3, 0.4) is 0 Å². The quantitative estimate of drug-likeness (QED) is 0.389. The second-order valence-corrected chi connectivity index (χ2v) is 3.64. The van der Waals surface area contributed by atoms with Crippen molar-refractivity contribution >= 4 is 12.2 Å². The third kappa shape index (κ3) is 2.40. The second-order valence-electron chi connectivity index (χ2n) is 3.64. The number of esters is 1. The fourth-order valence-corrected chi connectivity index (χ4v) is 1.67. The lowest BCUT2D eigenvalue weighted by molar-refractivity contribution is 0.0600. The molecule has 1 heterocycles. The average Bonchev–Trinajstić information content (AvgIpc) is 2.91. The Kier molecular flexibility index (Phi) is 3.43. The molecule has 1 aromatic heterocycles. The fourth-order valence-electron chi connectivity index (χ4n) is 1.67. The highest BCUT2D eigenvalue weighted by atomic mass is 16.5. The van der Waals surface area contributed by atoms with Crippen molar-refractivity contribution in [3.8, 4) is 5.69 Å². The van der Waals surface area contributed by atoms with E-state index in [9.17, 15) is 4.79 Å². The van der Waals surface area contributed by atoms with Gasteiger partial charge in [0, 0.05) is 18.1 Å². The zero-order chi connectivity index (χ0) is 13.0. The molecular formula is C13H12N2O3. The first-order valence-corrected chi connectivity index (χ1v) is 5.29. The van der Waals surface area contributed by atoms with Crippen molar-refractivity contribution in [2.24, 2.45) is 5.16 Å². The molecule has 0 unspecified atom stereocenters. The van der Waals surface area contributed by atoms with Gasteiger partial charge in [-0.2, -0.15) is 0 Å². The molecule has 0 amide bonds. The lowest BCUT2D eigenvalue weighted by atomic mass is 10.1. The molecular weight excluding hydrogens is 232 g/mol. The molecule has 0 bridgehead atoms. The van der Waals surface area contributed by atoms with Gasteiger partial charge in [0.15, 0.2) is 0 Å². The standard InChI is InChI=1S/C13H12N2O3/c1-18-13(16)11-6-10(9-14-17)7-12(8-11)15-4-2-3-5-15/h2-9,17H,1H3/b14-9-. The van der Waals surface area contributed by atoms with Crippen molar-refractivity contribution in [2.75, 3.05) is 7.11 Å². The number of carbonyl (C=O) groups excluding carboxylic acids is 1. The Balaban J connectivity index is 2.53. The summed E-state index contributed by atoms with van der Waals surface area (Å²) in [5.41, 5.74) is 1.81. The minimum atomic E-state index is -0.434. The molecule has 1 aromatic carbocycles. The number of ether oxygens (including phenoxy) is 1. The Morgan fingerprint density at radius 1 is 1.33 bits per heavy atom. The van der Waals surface area contributed by atoms with Crippen LogP contribution in [0.4, 0.5) is 0 Å². The molecule has 0 radical (unpaired) electrons. The first kappa shape index (κ1) is 11.9. The number of methoxy groups -OCH3 is 1. The summed E-state index contributed by atoms with van der Waals surface area (Å²) in [4.78, 5) is 11.6. The molecule has 0 aliphatic rings. The Morgan fingerprint density at radius 3 is 2.67 bits per heavy atom. The first-order valence-electron chi connectivity index (χ1n) is 5.29. The summed E-state index contributed by atoms with van der Waals surface area (Å²) in [5, 5.41) is 11.5. The number of carbonyl (C=O) groups is 1. The summed E-state index contributed by atoms with van der Waals surface area (Å²) in [5.74, 6) is -0.434. The van der Waals surface area contributed by atoms with Crippen LogP contribution < -0.4 is 0 Å². The third-order valence-corrected chi connectivity index (χ3v) is 2.47. The number of benzene rings is 1. The topological polar surface area (TPSA) is 63.8 Å². The Morgan fingerprint density at radius 2 is 2.06 bits per heavy atom. The van der Waals surface area contributed by atoms with Crippen LogP contribution in [0.5, 0.6) is 0 Å². The van der Waals surface area contributed by atoms with Gasteiger partial charge < -0.3 is 14.5 Å². The molecule has 0 atom stereocenters. The van der Waals surface area contributed by atoms with Crippen LogP contribution in [0.2, 0.25) is 0 Å². The average molecular weight is 244 g/mol. The van der Waals surface area contributed by atoms with E-state index in [2.05, 4.69) is 9.89 Å². The van der Waals surface area contributed by atoms with E-state index in [4.69, 9.17) is 5.21 Å². The van der Waals surface area contributed by atoms with E-state index in [0.29, 0.717) is 11.1 Å². The van der Waals surface area contributed by atoms with E-state index >= 15 is 0 Å². The number of aromatic nitrogens is 1. The van der Waals surface area contributed by atoms with Gasteiger partial charge >= 0.3 is 5.97 Å². The van der Waals surface area contributed by atoms with Crippen LogP contribution in [0.15, 0.2) is 47.9 Å². The number of hydrogen-bond acceptors (Lipinski definition) is 4. The largest absolute Gasteiger partial charge is 0.465 e. The van der Waals surface area contributed by atoms with Crippen LogP contribution >= 0.6 is 0 Å². The maximum absolute atomic E-state index is 11.6.